The molecule has 0 saturated carbocycles. The molecule has 0 spiro atoms. The highest BCUT2D eigenvalue weighted by Gasteiger charge is 2.35. The van der Waals surface area contributed by atoms with Crippen molar-refractivity contribution in [3.63, 3.8) is 0 Å². The zero-order chi connectivity index (χ0) is 32.4. The Morgan fingerprint density at radius 1 is 0.957 bits per heavy atom. The maximum Gasteiger partial charge on any atom is 0.322 e. The largest absolute Gasteiger partial charge is 0.397 e. The van der Waals surface area contributed by atoms with Crippen LogP contribution in [0.4, 0.5) is 21.0 Å². The Balaban J connectivity index is 1.09. The van der Waals surface area contributed by atoms with Crippen LogP contribution in [0.15, 0.2) is 36.4 Å². The maximum absolute atomic E-state index is 14.0. The Hall–Kier alpha value is -3.54. The molecule has 4 heterocycles. The molecule has 2 aromatic rings. The number of nitrogens with two attached hydrogens (primary N) is 1. The number of anilines is 2. The summed E-state index contributed by atoms with van der Waals surface area (Å²) in [6.45, 7) is 8.66. The van der Waals surface area contributed by atoms with Crippen LogP contribution < -0.4 is 16.4 Å². The summed E-state index contributed by atoms with van der Waals surface area (Å²) in [6, 6.07) is 11.1. The van der Waals surface area contributed by atoms with Crippen molar-refractivity contribution in [1.29, 1.82) is 0 Å². The second-order valence-corrected chi connectivity index (χ2v) is 13.8. The first kappa shape index (κ1) is 32.4. The Morgan fingerprint density at radius 3 is 2.33 bits per heavy atom. The number of aryl methyl sites for hydroxylation is 1. The molecule has 248 valence electrons. The molecule has 1 atom stereocenters. The quantitative estimate of drug-likeness (QED) is 0.412. The van der Waals surface area contributed by atoms with Gasteiger partial charge in [0.1, 0.15) is 6.04 Å². The van der Waals surface area contributed by atoms with Crippen molar-refractivity contribution in [3.8, 4) is 0 Å². The van der Waals surface area contributed by atoms with E-state index in [4.69, 9.17) is 17.3 Å². The molecule has 6 rings (SSSR count). The fourth-order valence-corrected chi connectivity index (χ4v) is 7.70. The molecule has 4 aliphatic rings. The van der Waals surface area contributed by atoms with Crippen LogP contribution in [0.1, 0.15) is 42.4 Å². The van der Waals surface area contributed by atoms with Crippen LogP contribution in [0.5, 0.6) is 0 Å². The lowest BCUT2D eigenvalue weighted by Crippen LogP contribution is -2.59. The zero-order valence-corrected chi connectivity index (χ0v) is 27.8. The standard InChI is InChI=1S/C34H47ClN8O3/c1-23-19-24(20-28(35)31(23)36)21-30(32(44)41-17-15-40(16-18-41)26-7-11-39(2)12-8-26)38-33(45)42-13-9-27(10-14-42)43-22-25-5-3-4-6-29(25)37-34(43)46/h3-6,19-20,26-27,30H,7-18,21-22,36H2,1-2H3,(H,37,46)(H,38,45)/t30-/m1/s1. The predicted molar refractivity (Wildman–Crippen MR) is 181 cm³/mol. The molecule has 46 heavy (non-hydrogen) atoms. The molecule has 5 amide bonds. The monoisotopic (exact) mass is 650 g/mol. The van der Waals surface area contributed by atoms with Crippen molar-refractivity contribution >= 4 is 40.9 Å². The predicted octanol–water partition coefficient (Wildman–Crippen LogP) is 3.60. The van der Waals surface area contributed by atoms with Gasteiger partial charge in [-0.3, -0.25) is 9.69 Å². The lowest BCUT2D eigenvalue weighted by Gasteiger charge is -2.43. The number of carbonyl (C=O) groups excluding carboxylic acids is 3. The van der Waals surface area contributed by atoms with Gasteiger partial charge in [-0.15, -0.1) is 0 Å². The van der Waals surface area contributed by atoms with Crippen LogP contribution in [-0.2, 0) is 17.8 Å². The number of nitrogens with zero attached hydrogens (tertiary/aromatic N) is 5. The van der Waals surface area contributed by atoms with Gasteiger partial charge in [-0.05, 0) is 81.6 Å². The first-order valence-electron chi connectivity index (χ1n) is 16.6. The van der Waals surface area contributed by atoms with E-state index in [0.717, 1.165) is 61.4 Å². The van der Waals surface area contributed by atoms with Gasteiger partial charge in [0.05, 0.1) is 10.7 Å². The van der Waals surface area contributed by atoms with Crippen LogP contribution in [0.3, 0.4) is 0 Å². The molecule has 0 aliphatic carbocycles. The van der Waals surface area contributed by atoms with Crippen LogP contribution >= 0.6 is 11.6 Å². The Morgan fingerprint density at radius 2 is 1.63 bits per heavy atom. The first-order valence-corrected chi connectivity index (χ1v) is 17.0. The number of piperidine rings is 2. The van der Waals surface area contributed by atoms with Gasteiger partial charge in [-0.2, -0.15) is 0 Å². The van der Waals surface area contributed by atoms with Crippen LogP contribution in [0.2, 0.25) is 5.02 Å². The molecule has 12 heteroatoms. The third-order valence-corrected chi connectivity index (χ3v) is 10.6. The number of halogens is 1. The molecule has 2 aromatic carbocycles. The van der Waals surface area contributed by atoms with Crippen molar-refractivity contribution in [2.24, 2.45) is 0 Å². The third kappa shape index (κ3) is 7.21. The number of nitrogens with one attached hydrogen (secondary N) is 2. The number of likely N-dealkylation sites (tertiary alicyclic amines) is 2. The average molecular weight is 651 g/mol. The molecular formula is C34H47ClN8O3. The second kappa shape index (κ2) is 14.1. The normalized spacial score (nSPS) is 21.1. The van der Waals surface area contributed by atoms with Crippen molar-refractivity contribution in [2.75, 3.05) is 70.5 Å². The highest BCUT2D eigenvalue weighted by atomic mass is 35.5. The number of hydrogen-bond donors (Lipinski definition) is 3. The summed E-state index contributed by atoms with van der Waals surface area (Å²) in [7, 11) is 2.17. The number of benzene rings is 2. The Bertz CT molecular complexity index is 1410. The van der Waals surface area contributed by atoms with Gasteiger partial charge in [0.15, 0.2) is 0 Å². The molecule has 3 fully saturated rings. The average Bonchev–Trinajstić information content (AvgIpc) is 3.06. The van der Waals surface area contributed by atoms with Gasteiger partial charge in [0.25, 0.3) is 0 Å². The SMILES string of the molecule is Cc1cc(C[C@@H](NC(=O)N2CCC(N3Cc4ccccc4NC3=O)CC2)C(=O)N2CCN(C3CCN(C)CC3)CC2)cc(Cl)c1N. The van der Waals surface area contributed by atoms with E-state index < -0.39 is 6.04 Å². The van der Waals surface area contributed by atoms with Gasteiger partial charge in [0.2, 0.25) is 5.91 Å². The third-order valence-electron chi connectivity index (χ3n) is 10.3. The van der Waals surface area contributed by atoms with E-state index in [1.54, 1.807) is 11.0 Å². The number of piperazine rings is 1. The minimum Gasteiger partial charge on any atom is -0.397 e. The van der Waals surface area contributed by atoms with Gasteiger partial charge >= 0.3 is 12.1 Å². The number of carbonyl (C=O) groups is 3. The zero-order valence-electron chi connectivity index (χ0n) is 27.0. The van der Waals surface area contributed by atoms with E-state index in [1.807, 2.05) is 47.1 Å². The van der Waals surface area contributed by atoms with Crippen molar-refractivity contribution < 1.29 is 14.4 Å². The lowest BCUT2D eigenvalue weighted by molar-refractivity contribution is -0.135. The number of fused-ring (bicyclic) bond motifs is 1. The van der Waals surface area contributed by atoms with E-state index in [0.29, 0.717) is 68.7 Å². The van der Waals surface area contributed by atoms with E-state index >= 15 is 0 Å². The van der Waals surface area contributed by atoms with Gasteiger partial charge in [-0.1, -0.05) is 35.9 Å². The lowest BCUT2D eigenvalue weighted by atomic mass is 10.00. The fraction of sp³-hybridized carbons (Fsp3) is 0.559. The summed E-state index contributed by atoms with van der Waals surface area (Å²) in [4.78, 5) is 51.0. The molecule has 0 radical (unpaired) electrons. The molecule has 0 bridgehead atoms. The van der Waals surface area contributed by atoms with Crippen molar-refractivity contribution in [3.05, 3.63) is 58.1 Å². The number of urea groups is 2. The second-order valence-electron chi connectivity index (χ2n) is 13.3. The molecule has 0 aromatic heterocycles. The summed E-state index contributed by atoms with van der Waals surface area (Å²) < 4.78 is 0. The van der Waals surface area contributed by atoms with Crippen molar-refractivity contribution in [1.82, 2.24) is 29.8 Å². The minimum absolute atomic E-state index is 0.0376. The Labute approximate surface area is 277 Å². The van der Waals surface area contributed by atoms with Crippen molar-refractivity contribution in [2.45, 2.75) is 63.7 Å². The summed E-state index contributed by atoms with van der Waals surface area (Å²) in [6.07, 6.45) is 3.99. The summed E-state index contributed by atoms with van der Waals surface area (Å²) in [5.41, 5.74) is 10.3. The van der Waals surface area contributed by atoms with E-state index in [1.165, 1.54) is 0 Å². The summed E-state index contributed by atoms with van der Waals surface area (Å²) in [5.74, 6) is -0.0690. The first-order chi connectivity index (χ1) is 22.2. The van der Waals surface area contributed by atoms with E-state index in [9.17, 15) is 14.4 Å². The number of hydrogen-bond acceptors (Lipinski definition) is 6. The number of nitrogen functional groups attached to an aromatic ring is 1. The van der Waals surface area contributed by atoms with Gasteiger partial charge in [-0.25, -0.2) is 9.59 Å². The van der Waals surface area contributed by atoms with Crippen LogP contribution in [0.25, 0.3) is 0 Å². The molecule has 4 aliphatic heterocycles. The number of amides is 5. The molecule has 4 N–H and O–H groups in total. The summed E-state index contributed by atoms with van der Waals surface area (Å²) in [5, 5.41) is 6.54. The summed E-state index contributed by atoms with van der Waals surface area (Å²) >= 11 is 6.42. The molecule has 0 unspecified atom stereocenters. The van der Waals surface area contributed by atoms with Gasteiger partial charge < -0.3 is 36.0 Å². The minimum atomic E-state index is -0.733. The van der Waals surface area contributed by atoms with Crippen LogP contribution in [-0.4, -0.2) is 120 Å². The van der Waals surface area contributed by atoms with E-state index in [2.05, 4.69) is 27.5 Å². The maximum atomic E-state index is 14.0. The number of rotatable bonds is 6. The number of para-hydroxylation sites is 1. The molecule has 3 saturated heterocycles. The van der Waals surface area contributed by atoms with E-state index in [-0.39, 0.29) is 24.0 Å². The highest BCUT2D eigenvalue weighted by Crippen LogP contribution is 2.28. The Kier molecular flexibility index (Phi) is 9.91. The highest BCUT2D eigenvalue weighted by molar-refractivity contribution is 6.33. The topological polar surface area (TPSA) is 117 Å². The fourth-order valence-electron chi connectivity index (χ4n) is 7.41. The molecule has 11 nitrogen and oxygen atoms in total. The molecular weight excluding hydrogens is 604 g/mol. The van der Waals surface area contributed by atoms with Gasteiger partial charge in [0, 0.05) is 70.0 Å². The smallest absolute Gasteiger partial charge is 0.322 e. The van der Waals surface area contributed by atoms with Crippen LogP contribution in [0, 0.1) is 6.92 Å².